The van der Waals surface area contributed by atoms with Gasteiger partial charge >= 0.3 is 0 Å². The number of hydrogen-bond donors (Lipinski definition) is 2. The highest BCUT2D eigenvalue weighted by molar-refractivity contribution is 7.09. The molecule has 0 saturated carbocycles. The summed E-state index contributed by atoms with van der Waals surface area (Å²) in [5.74, 6) is 0.0548. The van der Waals surface area contributed by atoms with Gasteiger partial charge in [0.15, 0.2) is 0 Å². The molecule has 5 heteroatoms. The molecule has 0 aliphatic heterocycles. The number of hydrogen-bond acceptors (Lipinski definition) is 3. The largest absolute Gasteiger partial charge is 0.355 e. The van der Waals surface area contributed by atoms with Crippen molar-refractivity contribution in [2.24, 2.45) is 0 Å². The summed E-state index contributed by atoms with van der Waals surface area (Å²) in [7, 11) is 0. The Balaban J connectivity index is 1.79. The lowest BCUT2D eigenvalue weighted by Gasteiger charge is -2.04. The van der Waals surface area contributed by atoms with E-state index in [2.05, 4.69) is 27.0 Å². The number of thiophene rings is 1. The Bertz CT molecular complexity index is 497. The summed E-state index contributed by atoms with van der Waals surface area (Å²) in [6, 6.07) is 4.11. The number of aromatic nitrogens is 2. The molecule has 2 N–H and O–H groups in total. The smallest absolute Gasteiger partial charge is 0.224 e. The second kappa shape index (κ2) is 5.82. The topological polar surface area (TPSA) is 57.8 Å². The molecule has 0 aliphatic rings. The molecule has 2 aromatic rings. The molecule has 2 heterocycles. The molecule has 0 unspecified atom stereocenters. The molecular weight excluding hydrogens is 246 g/mol. The molecular formula is C13H17N3OS. The number of aryl methyl sites for hydroxylation is 2. The van der Waals surface area contributed by atoms with E-state index in [-0.39, 0.29) is 5.91 Å². The van der Waals surface area contributed by atoms with Gasteiger partial charge in [0.25, 0.3) is 0 Å². The Kier molecular flexibility index (Phi) is 4.15. The molecule has 0 aliphatic carbocycles. The number of carbonyl (C=O) groups excluding carboxylic acids is 1. The Morgan fingerprint density at radius 1 is 1.50 bits per heavy atom. The van der Waals surface area contributed by atoms with E-state index < -0.39 is 0 Å². The number of H-pyrrole nitrogens is 1. The van der Waals surface area contributed by atoms with E-state index in [0.717, 1.165) is 23.4 Å². The molecule has 0 radical (unpaired) electrons. The zero-order valence-corrected chi connectivity index (χ0v) is 11.4. The molecule has 0 fully saturated rings. The van der Waals surface area contributed by atoms with Gasteiger partial charge in [0.05, 0.1) is 12.1 Å². The highest BCUT2D eigenvalue weighted by Crippen LogP contribution is 2.10. The van der Waals surface area contributed by atoms with Crippen molar-refractivity contribution in [1.29, 1.82) is 0 Å². The first-order valence-electron chi connectivity index (χ1n) is 5.96. The summed E-state index contributed by atoms with van der Waals surface area (Å²) in [6.45, 7) is 4.54. The second-order valence-electron chi connectivity index (χ2n) is 4.27. The molecule has 18 heavy (non-hydrogen) atoms. The molecule has 0 spiro atoms. The van der Waals surface area contributed by atoms with Crippen LogP contribution in [0.1, 0.15) is 21.8 Å². The third-order valence-corrected chi connectivity index (χ3v) is 3.83. The third kappa shape index (κ3) is 3.20. The van der Waals surface area contributed by atoms with E-state index in [1.807, 2.05) is 19.9 Å². The minimum Gasteiger partial charge on any atom is -0.355 e. The van der Waals surface area contributed by atoms with E-state index in [0.29, 0.717) is 13.0 Å². The maximum atomic E-state index is 11.8. The molecule has 96 valence electrons. The number of amides is 1. The number of rotatable bonds is 5. The fourth-order valence-corrected chi connectivity index (χ4v) is 2.55. The molecule has 1 amide bonds. The van der Waals surface area contributed by atoms with Crippen LogP contribution >= 0.6 is 11.3 Å². The van der Waals surface area contributed by atoms with Crippen LogP contribution in [-0.2, 0) is 17.6 Å². The van der Waals surface area contributed by atoms with Crippen molar-refractivity contribution < 1.29 is 4.79 Å². The highest BCUT2D eigenvalue weighted by atomic mass is 32.1. The minimum atomic E-state index is 0.0548. The molecule has 0 aromatic carbocycles. The first kappa shape index (κ1) is 12.8. The van der Waals surface area contributed by atoms with Crippen LogP contribution in [0.5, 0.6) is 0 Å². The van der Waals surface area contributed by atoms with Crippen molar-refractivity contribution in [3.05, 3.63) is 39.3 Å². The van der Waals surface area contributed by atoms with E-state index in [4.69, 9.17) is 0 Å². The Labute approximate surface area is 110 Å². The fraction of sp³-hybridized carbons (Fsp3) is 0.385. The quantitative estimate of drug-likeness (QED) is 0.866. The second-order valence-corrected chi connectivity index (χ2v) is 5.30. The van der Waals surface area contributed by atoms with Crippen LogP contribution < -0.4 is 5.32 Å². The summed E-state index contributed by atoms with van der Waals surface area (Å²) in [5.41, 5.74) is 2.88. The SMILES string of the molecule is Cc1n[nH]c(C)c1CC(=O)NCCc1cccs1. The Morgan fingerprint density at radius 3 is 2.94 bits per heavy atom. The standard InChI is InChI=1S/C13H17N3OS/c1-9-12(10(2)16-15-9)8-13(17)14-6-5-11-4-3-7-18-11/h3-4,7H,5-6,8H2,1-2H3,(H,14,17)(H,15,16). The highest BCUT2D eigenvalue weighted by Gasteiger charge is 2.10. The van der Waals surface area contributed by atoms with Crippen LogP contribution in [0.25, 0.3) is 0 Å². The molecule has 0 saturated heterocycles. The van der Waals surface area contributed by atoms with Gasteiger partial charge in [-0.3, -0.25) is 9.89 Å². The van der Waals surface area contributed by atoms with Crippen LogP contribution in [0.4, 0.5) is 0 Å². The summed E-state index contributed by atoms with van der Waals surface area (Å²) >= 11 is 1.72. The van der Waals surface area contributed by atoms with E-state index in [9.17, 15) is 4.79 Å². The first-order chi connectivity index (χ1) is 8.66. The molecule has 2 rings (SSSR count). The Hall–Kier alpha value is -1.62. The van der Waals surface area contributed by atoms with Gasteiger partial charge in [0.2, 0.25) is 5.91 Å². The number of nitrogens with one attached hydrogen (secondary N) is 2. The average Bonchev–Trinajstić information content (AvgIpc) is 2.94. The van der Waals surface area contributed by atoms with E-state index in [1.54, 1.807) is 11.3 Å². The van der Waals surface area contributed by atoms with E-state index in [1.165, 1.54) is 4.88 Å². The van der Waals surface area contributed by atoms with Gasteiger partial charge in [-0.2, -0.15) is 5.10 Å². The zero-order valence-electron chi connectivity index (χ0n) is 10.6. The lowest BCUT2D eigenvalue weighted by atomic mass is 10.1. The summed E-state index contributed by atoms with van der Waals surface area (Å²) < 4.78 is 0. The van der Waals surface area contributed by atoms with Crippen molar-refractivity contribution in [3.8, 4) is 0 Å². The maximum absolute atomic E-state index is 11.8. The van der Waals surface area contributed by atoms with Crippen LogP contribution in [0.2, 0.25) is 0 Å². The fourth-order valence-electron chi connectivity index (χ4n) is 1.84. The zero-order chi connectivity index (χ0) is 13.0. The van der Waals surface area contributed by atoms with E-state index >= 15 is 0 Å². The van der Waals surface area contributed by atoms with Crippen LogP contribution in [0.15, 0.2) is 17.5 Å². The minimum absolute atomic E-state index is 0.0548. The molecule has 0 atom stereocenters. The predicted molar refractivity (Wildman–Crippen MR) is 72.8 cm³/mol. The average molecular weight is 263 g/mol. The van der Waals surface area contributed by atoms with Crippen LogP contribution in [0.3, 0.4) is 0 Å². The normalized spacial score (nSPS) is 10.6. The molecule has 2 aromatic heterocycles. The summed E-state index contributed by atoms with van der Waals surface area (Å²) in [5, 5.41) is 12.0. The van der Waals surface area contributed by atoms with Gasteiger partial charge in [-0.1, -0.05) is 6.07 Å². The monoisotopic (exact) mass is 263 g/mol. The van der Waals surface area contributed by atoms with Crippen molar-refractivity contribution in [2.75, 3.05) is 6.54 Å². The van der Waals surface area contributed by atoms with Gasteiger partial charge in [0.1, 0.15) is 0 Å². The van der Waals surface area contributed by atoms with Gasteiger partial charge in [-0.15, -0.1) is 11.3 Å². The van der Waals surface area contributed by atoms with Crippen LogP contribution in [-0.4, -0.2) is 22.6 Å². The van der Waals surface area contributed by atoms with Crippen molar-refractivity contribution >= 4 is 17.2 Å². The lowest BCUT2D eigenvalue weighted by Crippen LogP contribution is -2.27. The van der Waals surface area contributed by atoms with Crippen molar-refractivity contribution in [1.82, 2.24) is 15.5 Å². The number of aromatic amines is 1. The third-order valence-electron chi connectivity index (χ3n) is 2.89. The van der Waals surface area contributed by atoms with Crippen LogP contribution in [0, 0.1) is 13.8 Å². The number of carbonyl (C=O) groups is 1. The molecule has 4 nitrogen and oxygen atoms in total. The maximum Gasteiger partial charge on any atom is 0.224 e. The Morgan fingerprint density at radius 2 is 2.33 bits per heavy atom. The van der Waals surface area contributed by atoms with Gasteiger partial charge in [-0.05, 0) is 31.7 Å². The van der Waals surface area contributed by atoms with Gasteiger partial charge < -0.3 is 5.32 Å². The number of nitrogens with zero attached hydrogens (tertiary/aromatic N) is 1. The van der Waals surface area contributed by atoms with Gasteiger partial charge in [-0.25, -0.2) is 0 Å². The van der Waals surface area contributed by atoms with Gasteiger partial charge in [0, 0.05) is 22.7 Å². The lowest BCUT2D eigenvalue weighted by molar-refractivity contribution is -0.120. The molecule has 0 bridgehead atoms. The summed E-state index contributed by atoms with van der Waals surface area (Å²) in [6.07, 6.45) is 1.30. The first-order valence-corrected chi connectivity index (χ1v) is 6.84. The summed E-state index contributed by atoms with van der Waals surface area (Å²) in [4.78, 5) is 13.1. The van der Waals surface area contributed by atoms with Crippen molar-refractivity contribution in [2.45, 2.75) is 26.7 Å². The van der Waals surface area contributed by atoms with Crippen molar-refractivity contribution in [3.63, 3.8) is 0 Å². The predicted octanol–water partition coefficient (Wildman–Crippen LogP) is 1.99.